The summed E-state index contributed by atoms with van der Waals surface area (Å²) in [6, 6.07) is -0.969. The van der Waals surface area contributed by atoms with Crippen molar-refractivity contribution < 1.29 is 19.2 Å². The largest absolute Gasteiger partial charge is 0.354 e. The van der Waals surface area contributed by atoms with Crippen molar-refractivity contribution in [3.63, 3.8) is 0 Å². The fourth-order valence-corrected chi connectivity index (χ4v) is 2.92. The molecular formula is C15H24N8O4S2. The molecule has 0 unspecified atom stereocenters. The van der Waals surface area contributed by atoms with Gasteiger partial charge in [0, 0.05) is 20.6 Å². The number of unbranched alkanes of at least 4 members (excludes halogenated alkanes) is 1. The highest BCUT2D eigenvalue weighted by Crippen LogP contribution is 2.21. The summed E-state index contributed by atoms with van der Waals surface area (Å²) in [5.41, 5.74) is 0. The molecule has 0 radical (unpaired) electrons. The van der Waals surface area contributed by atoms with Crippen LogP contribution in [0.15, 0.2) is 10.3 Å². The smallest absolute Gasteiger partial charge is 0.314 e. The van der Waals surface area contributed by atoms with Crippen molar-refractivity contribution in [3.05, 3.63) is 0 Å². The molecule has 12 nitrogen and oxygen atoms in total. The second-order valence-electron chi connectivity index (χ2n) is 5.32. The second kappa shape index (κ2) is 13.5. The van der Waals surface area contributed by atoms with Gasteiger partial charge in [-0.25, -0.2) is 9.59 Å². The predicted octanol–water partition coefficient (Wildman–Crippen LogP) is 0.179. The van der Waals surface area contributed by atoms with Crippen LogP contribution in [0, 0.1) is 0 Å². The van der Waals surface area contributed by atoms with Gasteiger partial charge in [-0.15, -0.1) is 0 Å². The molecule has 0 aliphatic heterocycles. The third-order valence-corrected chi connectivity index (χ3v) is 4.53. The Kier molecular flexibility index (Phi) is 11.4. The number of thioether (sulfide) groups is 2. The fraction of sp³-hybridized carbons (Fsp3) is 0.533. The van der Waals surface area contributed by atoms with Crippen LogP contribution >= 0.6 is 23.5 Å². The normalized spacial score (nSPS) is 10.0. The van der Waals surface area contributed by atoms with Gasteiger partial charge in [-0.2, -0.15) is 15.0 Å². The van der Waals surface area contributed by atoms with Crippen LogP contribution in [0.2, 0.25) is 0 Å². The lowest BCUT2D eigenvalue weighted by Gasteiger charge is -2.08. The number of carbonyl (C=O) groups is 4. The molecule has 0 fully saturated rings. The molecule has 0 saturated heterocycles. The van der Waals surface area contributed by atoms with Gasteiger partial charge < -0.3 is 26.6 Å². The molecule has 29 heavy (non-hydrogen) atoms. The average molecular weight is 445 g/mol. The maximum Gasteiger partial charge on any atom is 0.314 e. The lowest BCUT2D eigenvalue weighted by Crippen LogP contribution is -2.35. The Morgan fingerprint density at radius 2 is 1.31 bits per heavy atom. The molecule has 160 valence electrons. The predicted molar refractivity (Wildman–Crippen MR) is 110 cm³/mol. The van der Waals surface area contributed by atoms with E-state index in [-0.39, 0.29) is 39.6 Å². The lowest BCUT2D eigenvalue weighted by atomic mass is 10.3. The summed E-state index contributed by atoms with van der Waals surface area (Å²) < 4.78 is 0. The van der Waals surface area contributed by atoms with E-state index in [0.717, 1.165) is 36.4 Å². The van der Waals surface area contributed by atoms with E-state index in [0.29, 0.717) is 6.54 Å². The van der Waals surface area contributed by atoms with E-state index in [2.05, 4.69) is 41.5 Å². The van der Waals surface area contributed by atoms with Crippen molar-refractivity contribution in [1.29, 1.82) is 0 Å². The van der Waals surface area contributed by atoms with Crippen LogP contribution in [0.1, 0.15) is 19.8 Å². The van der Waals surface area contributed by atoms with Gasteiger partial charge >= 0.3 is 12.1 Å². The highest BCUT2D eigenvalue weighted by molar-refractivity contribution is 8.14. The Bertz CT molecular complexity index is 682. The van der Waals surface area contributed by atoms with Crippen molar-refractivity contribution >= 4 is 51.8 Å². The first kappa shape index (κ1) is 24.4. The van der Waals surface area contributed by atoms with Gasteiger partial charge in [-0.1, -0.05) is 13.3 Å². The minimum atomic E-state index is -0.484. The molecule has 0 saturated carbocycles. The maximum atomic E-state index is 12.0. The monoisotopic (exact) mass is 444 g/mol. The Balaban J connectivity index is 2.82. The maximum absolute atomic E-state index is 12.0. The van der Waals surface area contributed by atoms with Crippen LogP contribution < -0.4 is 26.6 Å². The molecule has 0 spiro atoms. The third-order valence-electron chi connectivity index (χ3n) is 3.06. The molecule has 1 heterocycles. The molecule has 1 aromatic rings. The molecular weight excluding hydrogens is 420 g/mol. The van der Waals surface area contributed by atoms with Crippen LogP contribution in [0.3, 0.4) is 0 Å². The van der Waals surface area contributed by atoms with E-state index >= 15 is 0 Å². The van der Waals surface area contributed by atoms with Gasteiger partial charge in [0.1, 0.15) is 0 Å². The van der Waals surface area contributed by atoms with Gasteiger partial charge in [0.15, 0.2) is 0 Å². The van der Waals surface area contributed by atoms with Crippen molar-refractivity contribution in [2.75, 3.05) is 39.0 Å². The molecule has 0 bridgehead atoms. The number of hydrogen-bond donors (Lipinski definition) is 5. The second-order valence-corrected chi connectivity index (χ2v) is 7.37. The first-order valence-electron chi connectivity index (χ1n) is 8.70. The Morgan fingerprint density at radius 3 is 1.72 bits per heavy atom. The van der Waals surface area contributed by atoms with Crippen LogP contribution in [-0.2, 0) is 9.59 Å². The van der Waals surface area contributed by atoms with Crippen LogP contribution in [0.25, 0.3) is 0 Å². The summed E-state index contributed by atoms with van der Waals surface area (Å²) in [5, 5.41) is 11.9. The van der Waals surface area contributed by atoms with Gasteiger partial charge in [-0.05, 0) is 29.9 Å². The van der Waals surface area contributed by atoms with Crippen molar-refractivity contribution in [2.24, 2.45) is 0 Å². The molecule has 1 rings (SSSR count). The zero-order valence-corrected chi connectivity index (χ0v) is 18.0. The Hall–Kier alpha value is -2.61. The van der Waals surface area contributed by atoms with E-state index in [1.165, 1.54) is 14.1 Å². The first-order valence-corrected chi connectivity index (χ1v) is 10.3. The number of rotatable bonds is 10. The molecule has 14 heteroatoms. The zero-order valence-electron chi connectivity index (χ0n) is 16.3. The summed E-state index contributed by atoms with van der Waals surface area (Å²) in [6.07, 6.45) is 1.86. The van der Waals surface area contributed by atoms with E-state index in [9.17, 15) is 19.2 Å². The van der Waals surface area contributed by atoms with Gasteiger partial charge in [-0.3, -0.25) is 9.59 Å². The minimum Gasteiger partial charge on any atom is -0.354 e. The molecule has 1 aromatic heterocycles. The Labute approximate surface area is 176 Å². The Morgan fingerprint density at radius 1 is 0.828 bits per heavy atom. The molecule has 5 N–H and O–H groups in total. The van der Waals surface area contributed by atoms with Crippen molar-refractivity contribution in [3.8, 4) is 0 Å². The summed E-state index contributed by atoms with van der Waals surface area (Å²) in [6.45, 7) is 2.22. The van der Waals surface area contributed by atoms with E-state index in [1.54, 1.807) is 0 Å². The van der Waals surface area contributed by atoms with Crippen LogP contribution in [-0.4, -0.2) is 71.0 Å². The highest BCUT2D eigenvalue weighted by Gasteiger charge is 2.15. The molecule has 0 aliphatic carbocycles. The third kappa shape index (κ3) is 10.5. The average Bonchev–Trinajstić information content (AvgIpc) is 2.70. The first-order chi connectivity index (χ1) is 13.9. The number of urea groups is 2. The topological polar surface area (TPSA) is 167 Å². The lowest BCUT2D eigenvalue weighted by molar-refractivity contribution is -0.110. The van der Waals surface area contributed by atoms with Crippen LogP contribution in [0.5, 0.6) is 0 Å². The van der Waals surface area contributed by atoms with E-state index in [1.807, 2.05) is 6.92 Å². The van der Waals surface area contributed by atoms with Gasteiger partial charge in [0.25, 0.3) is 0 Å². The van der Waals surface area contributed by atoms with Gasteiger partial charge in [0.05, 0.1) is 13.1 Å². The molecule has 0 aliphatic rings. The quantitative estimate of drug-likeness (QED) is 0.248. The summed E-state index contributed by atoms with van der Waals surface area (Å²) in [4.78, 5) is 58.8. The summed E-state index contributed by atoms with van der Waals surface area (Å²) in [5.74, 6) is 0.234. The molecule has 0 atom stereocenters. The number of carbonyl (C=O) groups excluding carboxylic acids is 4. The number of hydrogen-bond acceptors (Lipinski definition) is 10. The van der Waals surface area contributed by atoms with Crippen LogP contribution in [0.4, 0.5) is 15.5 Å². The SMILES string of the molecule is CCCCNc1nc(SC(=O)CNC(=O)NC)nc(SC(=O)CNC(=O)NC)n1. The van der Waals surface area contributed by atoms with E-state index in [4.69, 9.17) is 0 Å². The van der Waals surface area contributed by atoms with Crippen molar-refractivity contribution in [2.45, 2.75) is 30.1 Å². The highest BCUT2D eigenvalue weighted by atomic mass is 32.2. The van der Waals surface area contributed by atoms with E-state index < -0.39 is 12.1 Å². The number of nitrogens with zero attached hydrogens (tertiary/aromatic N) is 3. The van der Waals surface area contributed by atoms with Crippen molar-refractivity contribution in [1.82, 2.24) is 36.2 Å². The fourth-order valence-electron chi connectivity index (χ4n) is 1.64. The number of aromatic nitrogens is 3. The zero-order chi connectivity index (χ0) is 21.6. The van der Waals surface area contributed by atoms with Gasteiger partial charge in [0.2, 0.25) is 26.5 Å². The summed E-state index contributed by atoms with van der Waals surface area (Å²) in [7, 11) is 2.87. The number of amides is 4. The molecule has 0 aromatic carbocycles. The summed E-state index contributed by atoms with van der Waals surface area (Å²) >= 11 is 1.45. The minimum absolute atomic E-state index is 0.0947. The number of nitrogens with one attached hydrogen (secondary N) is 5. The molecule has 4 amide bonds. The number of anilines is 1. The standard InChI is InChI=1S/C15H24N8O4S2/c1-4-5-6-18-11-21-14(28-9(24)7-19-12(26)16-2)23-15(22-11)29-10(25)8-20-13(27)17-3/h4-8H2,1-3H3,(H2,16,19,26)(H2,17,20,27)(H,18,21,22,23).